The maximum atomic E-state index is 13.0. The third-order valence-corrected chi connectivity index (χ3v) is 4.40. The standard InChI is InChI=1S/C11H13F3N2O2S/c1-7-4-15-19-8(7)5-16-3-2-10(6-16,9(17)18)11(12,13)14/h4H,2-3,5-6H2,1H3,(H,17,18). The minimum atomic E-state index is -4.73. The Morgan fingerprint density at radius 3 is 2.74 bits per heavy atom. The number of rotatable bonds is 3. The maximum Gasteiger partial charge on any atom is 0.406 e. The largest absolute Gasteiger partial charge is 0.481 e. The summed E-state index contributed by atoms with van der Waals surface area (Å²) >= 11 is 1.23. The van der Waals surface area contributed by atoms with Crippen molar-refractivity contribution in [2.45, 2.75) is 26.1 Å². The molecule has 1 aliphatic rings. The zero-order valence-corrected chi connectivity index (χ0v) is 11.0. The molecule has 1 fully saturated rings. The zero-order valence-electron chi connectivity index (χ0n) is 10.2. The van der Waals surface area contributed by atoms with Gasteiger partial charge in [-0.3, -0.25) is 9.69 Å². The maximum absolute atomic E-state index is 13.0. The molecule has 2 rings (SSSR count). The Bertz CT molecular complexity index is 489. The van der Waals surface area contributed by atoms with Crippen molar-refractivity contribution >= 4 is 17.5 Å². The first-order valence-corrected chi connectivity index (χ1v) is 6.46. The van der Waals surface area contributed by atoms with Crippen LogP contribution in [0.2, 0.25) is 0 Å². The Balaban J connectivity index is 2.14. The van der Waals surface area contributed by atoms with Crippen LogP contribution < -0.4 is 0 Å². The summed E-state index contributed by atoms with van der Waals surface area (Å²) in [6, 6.07) is 0. The summed E-state index contributed by atoms with van der Waals surface area (Å²) in [4.78, 5) is 13.4. The van der Waals surface area contributed by atoms with Gasteiger partial charge in [0.05, 0.1) is 0 Å². The minimum absolute atomic E-state index is 0.128. The van der Waals surface area contributed by atoms with E-state index in [-0.39, 0.29) is 6.54 Å². The van der Waals surface area contributed by atoms with E-state index in [0.29, 0.717) is 6.54 Å². The van der Waals surface area contributed by atoms with Crippen molar-refractivity contribution in [1.29, 1.82) is 0 Å². The SMILES string of the molecule is Cc1cnsc1CN1CCC(C(=O)O)(C(F)(F)F)C1. The van der Waals surface area contributed by atoms with Crippen molar-refractivity contribution in [2.75, 3.05) is 13.1 Å². The van der Waals surface area contributed by atoms with Gasteiger partial charge in [0.25, 0.3) is 0 Å². The predicted octanol–water partition coefficient (Wildman–Crippen LogP) is 2.29. The smallest absolute Gasteiger partial charge is 0.406 e. The molecular weight excluding hydrogens is 281 g/mol. The van der Waals surface area contributed by atoms with Crippen LogP contribution in [0.1, 0.15) is 16.9 Å². The van der Waals surface area contributed by atoms with Gasteiger partial charge in [0.1, 0.15) is 0 Å². The third-order valence-electron chi connectivity index (χ3n) is 3.52. The number of aliphatic carboxylic acids is 1. The van der Waals surface area contributed by atoms with Crippen molar-refractivity contribution in [3.8, 4) is 0 Å². The fraction of sp³-hybridized carbons (Fsp3) is 0.636. The van der Waals surface area contributed by atoms with Crippen LogP contribution in [0.15, 0.2) is 6.20 Å². The minimum Gasteiger partial charge on any atom is -0.481 e. The van der Waals surface area contributed by atoms with Gasteiger partial charge in [0, 0.05) is 30.7 Å². The second kappa shape index (κ2) is 4.75. The molecule has 0 radical (unpaired) electrons. The molecule has 1 aromatic rings. The van der Waals surface area contributed by atoms with Gasteiger partial charge in [-0.05, 0) is 30.4 Å². The molecule has 8 heteroatoms. The number of alkyl halides is 3. The Labute approximate surface area is 112 Å². The third kappa shape index (κ3) is 2.46. The summed E-state index contributed by atoms with van der Waals surface area (Å²) in [5, 5.41) is 8.94. The van der Waals surface area contributed by atoms with Crippen LogP contribution in [0, 0.1) is 12.3 Å². The molecule has 0 bridgehead atoms. The second-order valence-electron chi connectivity index (χ2n) is 4.78. The Morgan fingerprint density at radius 2 is 2.32 bits per heavy atom. The summed E-state index contributed by atoms with van der Waals surface area (Å²) in [6.07, 6.45) is -3.47. The van der Waals surface area contributed by atoms with Crippen LogP contribution in [0.3, 0.4) is 0 Å². The Hall–Kier alpha value is -1.15. The zero-order chi connectivity index (χ0) is 14.3. The lowest BCUT2D eigenvalue weighted by Gasteiger charge is -2.27. The van der Waals surface area contributed by atoms with Crippen molar-refractivity contribution in [3.63, 3.8) is 0 Å². The number of aromatic nitrogens is 1. The van der Waals surface area contributed by atoms with Crippen LogP contribution in [0.5, 0.6) is 0 Å². The lowest BCUT2D eigenvalue weighted by molar-refractivity contribution is -0.227. The van der Waals surface area contributed by atoms with E-state index in [9.17, 15) is 18.0 Å². The van der Waals surface area contributed by atoms with E-state index in [1.807, 2.05) is 6.92 Å². The number of hydrogen-bond donors (Lipinski definition) is 1. The van der Waals surface area contributed by atoms with Gasteiger partial charge < -0.3 is 5.11 Å². The molecule has 0 spiro atoms. The van der Waals surface area contributed by atoms with Crippen LogP contribution in [0.4, 0.5) is 13.2 Å². The number of likely N-dealkylation sites (tertiary alicyclic amines) is 1. The van der Waals surface area contributed by atoms with Gasteiger partial charge >= 0.3 is 12.1 Å². The average molecular weight is 294 g/mol. The molecule has 1 unspecified atom stereocenters. The molecule has 1 atom stereocenters. The molecule has 1 saturated heterocycles. The van der Waals surface area contributed by atoms with Crippen LogP contribution >= 0.6 is 11.5 Å². The summed E-state index contributed by atoms with van der Waals surface area (Å²) in [6.45, 7) is 1.79. The molecule has 2 heterocycles. The number of carboxylic acid groups (broad SMARTS) is 1. The van der Waals surface area contributed by atoms with Gasteiger partial charge in [-0.2, -0.15) is 13.2 Å². The second-order valence-corrected chi connectivity index (χ2v) is 5.66. The number of carboxylic acids is 1. The van der Waals surface area contributed by atoms with E-state index < -0.39 is 30.5 Å². The van der Waals surface area contributed by atoms with Crippen molar-refractivity contribution < 1.29 is 23.1 Å². The number of aryl methyl sites for hydroxylation is 1. The first-order chi connectivity index (χ1) is 8.76. The number of hydrogen-bond acceptors (Lipinski definition) is 4. The highest BCUT2D eigenvalue weighted by atomic mass is 32.1. The molecule has 19 heavy (non-hydrogen) atoms. The summed E-state index contributed by atoms with van der Waals surface area (Å²) in [5.41, 5.74) is -1.71. The monoisotopic (exact) mass is 294 g/mol. The fourth-order valence-electron chi connectivity index (χ4n) is 2.22. The molecule has 0 saturated carbocycles. The lowest BCUT2D eigenvalue weighted by Crippen LogP contribution is -2.47. The van der Waals surface area contributed by atoms with E-state index in [2.05, 4.69) is 4.37 Å². The highest BCUT2D eigenvalue weighted by Crippen LogP contribution is 2.46. The summed E-state index contributed by atoms with van der Waals surface area (Å²) in [5.74, 6) is -1.79. The van der Waals surface area contributed by atoms with Gasteiger partial charge in [0.2, 0.25) is 0 Å². The number of halogens is 3. The van der Waals surface area contributed by atoms with Crippen molar-refractivity contribution in [2.24, 2.45) is 5.41 Å². The van der Waals surface area contributed by atoms with E-state index in [0.717, 1.165) is 10.4 Å². The average Bonchev–Trinajstić information content (AvgIpc) is 2.87. The molecular formula is C11H13F3N2O2S. The first kappa shape index (κ1) is 14.3. The molecule has 4 nitrogen and oxygen atoms in total. The summed E-state index contributed by atoms with van der Waals surface area (Å²) < 4.78 is 42.9. The topological polar surface area (TPSA) is 53.4 Å². The molecule has 106 valence electrons. The molecule has 1 N–H and O–H groups in total. The molecule has 1 aromatic heterocycles. The van der Waals surface area contributed by atoms with Crippen LogP contribution in [-0.4, -0.2) is 39.6 Å². The highest BCUT2D eigenvalue weighted by molar-refractivity contribution is 7.05. The molecule has 1 aliphatic heterocycles. The number of nitrogens with zero attached hydrogens (tertiary/aromatic N) is 2. The van der Waals surface area contributed by atoms with Crippen LogP contribution in [0.25, 0.3) is 0 Å². The number of carbonyl (C=O) groups is 1. The molecule has 0 aliphatic carbocycles. The first-order valence-electron chi connectivity index (χ1n) is 5.69. The highest BCUT2D eigenvalue weighted by Gasteiger charge is 2.63. The van der Waals surface area contributed by atoms with Gasteiger partial charge in [-0.15, -0.1) is 0 Å². The quantitative estimate of drug-likeness (QED) is 0.929. The van der Waals surface area contributed by atoms with Crippen LogP contribution in [-0.2, 0) is 11.3 Å². The van der Waals surface area contributed by atoms with Gasteiger partial charge in [-0.25, -0.2) is 4.37 Å². The van der Waals surface area contributed by atoms with Crippen molar-refractivity contribution in [3.05, 3.63) is 16.6 Å². The summed E-state index contributed by atoms with van der Waals surface area (Å²) in [7, 11) is 0. The van der Waals surface area contributed by atoms with E-state index in [1.54, 1.807) is 6.20 Å². The lowest BCUT2D eigenvalue weighted by atomic mass is 9.86. The van der Waals surface area contributed by atoms with Crippen molar-refractivity contribution in [1.82, 2.24) is 9.27 Å². The molecule has 0 aromatic carbocycles. The van der Waals surface area contributed by atoms with E-state index in [4.69, 9.17) is 5.11 Å². The van der Waals surface area contributed by atoms with E-state index in [1.165, 1.54) is 16.4 Å². The predicted molar refractivity (Wildman–Crippen MR) is 62.9 cm³/mol. The Morgan fingerprint density at radius 1 is 1.63 bits per heavy atom. The van der Waals surface area contributed by atoms with Gasteiger partial charge in [-0.1, -0.05) is 0 Å². The Kier molecular flexibility index (Phi) is 3.57. The van der Waals surface area contributed by atoms with Gasteiger partial charge in [0.15, 0.2) is 5.41 Å². The van der Waals surface area contributed by atoms with E-state index >= 15 is 0 Å². The molecule has 0 amide bonds. The fourth-order valence-corrected chi connectivity index (χ4v) is 3.00. The normalized spacial score (nSPS) is 24.8.